The Morgan fingerprint density at radius 2 is 0.729 bits per heavy atom. The molecule has 3 heterocycles. The van der Waals surface area contributed by atoms with Crippen LogP contribution >= 0.6 is 0 Å². The van der Waals surface area contributed by atoms with E-state index in [0.717, 1.165) is 103 Å². The summed E-state index contributed by atoms with van der Waals surface area (Å²) in [5.74, 6) is -0.292. The lowest BCUT2D eigenvalue weighted by Gasteiger charge is -2.48. The molecule has 0 bridgehead atoms. The van der Waals surface area contributed by atoms with Crippen LogP contribution in [-0.4, -0.2) is 193 Å². The lowest BCUT2D eigenvalue weighted by Crippen LogP contribution is -2.66. The Morgan fingerprint density at radius 3 is 1.17 bits per heavy atom. The van der Waals surface area contributed by atoms with E-state index in [2.05, 4.69) is 129 Å². The smallest absolute Gasteiger partial charge is 0.220 e. The van der Waals surface area contributed by atoms with Crippen molar-refractivity contribution < 1.29 is 89.4 Å². The molecular weight excluding hydrogens is 1230 g/mol. The van der Waals surface area contributed by atoms with Gasteiger partial charge in [0.1, 0.15) is 73.2 Å². The van der Waals surface area contributed by atoms with Crippen LogP contribution < -0.4 is 5.32 Å². The van der Waals surface area contributed by atoms with Gasteiger partial charge in [0.05, 0.1) is 38.6 Å². The molecule has 12 N–H and O–H groups in total. The standard InChI is InChI=1S/C77H129NO18/c1-3-5-7-9-11-13-15-17-18-19-20-21-22-23-24-25-26-27-28-29-30-31-32-33-34-35-36-37-38-39-40-41-42-43-45-47-49-51-53-55-65(83)78-60(61(82)54-52-50-48-46-44-16-14-12-10-8-6-4-2)59-91-75-71(89)68(86)73(63(57-80)93-75)96-77-72(90)69(87)74(64(58-81)94-77)95-76-70(88)67(85)66(84)62(56-79)92-76/h5,7,11,13,17-18,20-21,23-24,26-27,29-30,32-33,44,46,52,54,60-64,66-77,79-82,84-90H,3-4,6,8-10,12,14-16,19,22,25,28,31,34-43,45,47-51,53,55-59H2,1-2H3,(H,78,83)/b7-5-,13-11-,18-17-,21-20-,24-23-,27-26-,30-29-,33-32-,46-44+,54-52+. The van der Waals surface area contributed by atoms with Gasteiger partial charge in [-0.25, -0.2) is 0 Å². The van der Waals surface area contributed by atoms with Crippen molar-refractivity contribution in [1.82, 2.24) is 5.32 Å². The molecule has 3 rings (SSSR count). The van der Waals surface area contributed by atoms with Crippen molar-refractivity contribution >= 4 is 5.91 Å². The maximum absolute atomic E-state index is 13.4. The fourth-order valence-corrected chi connectivity index (χ4v) is 11.6. The van der Waals surface area contributed by atoms with Gasteiger partial charge in [0.2, 0.25) is 5.91 Å². The molecule has 3 fully saturated rings. The zero-order chi connectivity index (χ0) is 69.6. The van der Waals surface area contributed by atoms with Crippen LogP contribution in [0.3, 0.4) is 0 Å². The van der Waals surface area contributed by atoms with Crippen LogP contribution in [-0.2, 0) is 33.2 Å². The van der Waals surface area contributed by atoms with E-state index < -0.39 is 124 Å². The number of ether oxygens (including phenoxy) is 6. The molecule has 3 aliphatic rings. The number of carbonyl (C=O) groups is 1. The quantitative estimate of drug-likeness (QED) is 0.0199. The van der Waals surface area contributed by atoms with Crippen LogP contribution in [0.2, 0.25) is 0 Å². The summed E-state index contributed by atoms with van der Waals surface area (Å²) in [6.07, 6.45) is 52.0. The second-order valence-corrected chi connectivity index (χ2v) is 25.7. The van der Waals surface area contributed by atoms with Gasteiger partial charge in [-0.2, -0.15) is 0 Å². The normalized spacial score (nSPS) is 27.8. The van der Waals surface area contributed by atoms with Crippen LogP contribution in [0, 0.1) is 0 Å². The first kappa shape index (κ1) is 86.4. The lowest BCUT2D eigenvalue weighted by molar-refractivity contribution is -0.379. The lowest BCUT2D eigenvalue weighted by atomic mass is 9.96. The van der Waals surface area contributed by atoms with E-state index in [4.69, 9.17) is 28.4 Å². The van der Waals surface area contributed by atoms with Crippen LogP contribution in [0.5, 0.6) is 0 Å². The molecule has 0 aromatic carbocycles. The first-order valence-electron chi connectivity index (χ1n) is 36.8. The highest BCUT2D eigenvalue weighted by molar-refractivity contribution is 5.76. The van der Waals surface area contributed by atoms with Crippen molar-refractivity contribution in [3.63, 3.8) is 0 Å². The van der Waals surface area contributed by atoms with Crippen molar-refractivity contribution in [2.24, 2.45) is 0 Å². The van der Waals surface area contributed by atoms with Crippen molar-refractivity contribution in [2.45, 2.75) is 330 Å². The maximum atomic E-state index is 13.4. The molecule has 0 aromatic heterocycles. The van der Waals surface area contributed by atoms with E-state index in [1.165, 1.54) is 89.9 Å². The molecule has 3 aliphatic heterocycles. The number of aliphatic hydroxyl groups excluding tert-OH is 11. The average Bonchev–Trinajstić information content (AvgIpc) is 0.787. The predicted octanol–water partition coefficient (Wildman–Crippen LogP) is 10.8. The highest BCUT2D eigenvalue weighted by Gasteiger charge is 2.53. The molecule has 19 nitrogen and oxygen atoms in total. The molecule has 0 saturated carbocycles. The number of rotatable bonds is 55. The largest absolute Gasteiger partial charge is 0.394 e. The van der Waals surface area contributed by atoms with Gasteiger partial charge >= 0.3 is 0 Å². The van der Waals surface area contributed by atoms with E-state index in [1.54, 1.807) is 6.08 Å². The summed E-state index contributed by atoms with van der Waals surface area (Å²) in [6.45, 7) is 1.56. The Morgan fingerprint density at radius 1 is 0.385 bits per heavy atom. The Balaban J connectivity index is 1.32. The molecular formula is C77H129NO18. The van der Waals surface area contributed by atoms with Gasteiger partial charge in [0.25, 0.3) is 0 Å². The van der Waals surface area contributed by atoms with Crippen LogP contribution in [0.15, 0.2) is 122 Å². The molecule has 17 unspecified atom stereocenters. The molecule has 3 saturated heterocycles. The number of amides is 1. The van der Waals surface area contributed by atoms with Gasteiger partial charge in [0, 0.05) is 6.42 Å². The van der Waals surface area contributed by atoms with Gasteiger partial charge in [0.15, 0.2) is 18.9 Å². The molecule has 96 heavy (non-hydrogen) atoms. The second kappa shape index (κ2) is 56.9. The van der Waals surface area contributed by atoms with E-state index in [0.29, 0.717) is 12.8 Å². The second-order valence-electron chi connectivity index (χ2n) is 25.7. The zero-order valence-corrected chi connectivity index (χ0v) is 58.3. The average molecular weight is 1360 g/mol. The van der Waals surface area contributed by atoms with Crippen molar-refractivity contribution in [3.8, 4) is 0 Å². The van der Waals surface area contributed by atoms with E-state index in [9.17, 15) is 61.0 Å². The van der Waals surface area contributed by atoms with Crippen LogP contribution in [0.4, 0.5) is 0 Å². The summed E-state index contributed by atoms with van der Waals surface area (Å²) < 4.78 is 34.3. The number of nitrogens with one attached hydrogen (secondary N) is 1. The topological polar surface area (TPSA) is 307 Å². The Bertz CT molecular complexity index is 2210. The fraction of sp³-hybridized carbons (Fsp3) is 0.727. The van der Waals surface area contributed by atoms with Gasteiger partial charge in [-0.05, 0) is 96.3 Å². The highest BCUT2D eigenvalue weighted by Crippen LogP contribution is 2.33. The monoisotopic (exact) mass is 1360 g/mol. The number of hydrogen-bond donors (Lipinski definition) is 12. The number of carbonyl (C=O) groups excluding carboxylic acids is 1. The molecule has 19 heteroatoms. The molecule has 0 radical (unpaired) electrons. The molecule has 550 valence electrons. The van der Waals surface area contributed by atoms with Crippen LogP contribution in [0.25, 0.3) is 0 Å². The van der Waals surface area contributed by atoms with Gasteiger partial charge in [-0.1, -0.05) is 245 Å². The zero-order valence-electron chi connectivity index (χ0n) is 58.3. The van der Waals surface area contributed by atoms with Crippen molar-refractivity contribution in [3.05, 3.63) is 122 Å². The van der Waals surface area contributed by atoms with Crippen LogP contribution in [0.1, 0.15) is 226 Å². The molecule has 17 atom stereocenters. The van der Waals surface area contributed by atoms with E-state index in [-0.39, 0.29) is 18.9 Å². The van der Waals surface area contributed by atoms with Crippen molar-refractivity contribution in [2.75, 3.05) is 26.4 Å². The van der Waals surface area contributed by atoms with Crippen molar-refractivity contribution in [1.29, 1.82) is 0 Å². The molecule has 1 amide bonds. The SMILES string of the molecule is CC/C=C\C/C=C\C/C=C\C/C=C\C/C=C\C/C=C\C/C=C\C/C=C\CCCCCCCCCCCCCCCCC(=O)NC(COC1OC(CO)C(OC2OC(CO)C(OC3OC(CO)C(O)C(O)C3O)C(O)C2O)C(O)C1O)C(O)/C=C/CC/C=C/CCCCCCCC. The van der Waals surface area contributed by atoms with Gasteiger partial charge < -0.3 is 89.9 Å². The van der Waals surface area contributed by atoms with E-state index >= 15 is 0 Å². The number of unbranched alkanes of at least 4 members (excludes halogenated alkanes) is 21. The summed E-state index contributed by atoms with van der Waals surface area (Å²) in [4.78, 5) is 13.4. The molecule has 0 aromatic rings. The summed E-state index contributed by atoms with van der Waals surface area (Å²) in [5.41, 5.74) is 0. The fourth-order valence-electron chi connectivity index (χ4n) is 11.6. The summed E-state index contributed by atoms with van der Waals surface area (Å²) >= 11 is 0. The minimum absolute atomic E-state index is 0.228. The third-order valence-corrected chi connectivity index (χ3v) is 17.5. The van der Waals surface area contributed by atoms with Gasteiger partial charge in [-0.15, -0.1) is 0 Å². The summed E-state index contributed by atoms with van der Waals surface area (Å²) in [7, 11) is 0. The number of allylic oxidation sites excluding steroid dienone is 19. The maximum Gasteiger partial charge on any atom is 0.220 e. The first-order chi connectivity index (χ1) is 46.8. The summed E-state index contributed by atoms with van der Waals surface area (Å²) in [6, 6.07) is -0.996. The summed E-state index contributed by atoms with van der Waals surface area (Å²) in [5, 5.41) is 120. The number of aliphatic hydroxyl groups is 11. The Labute approximate surface area is 576 Å². The van der Waals surface area contributed by atoms with E-state index in [1.807, 2.05) is 6.08 Å². The third-order valence-electron chi connectivity index (χ3n) is 17.5. The molecule has 0 spiro atoms. The van der Waals surface area contributed by atoms with Gasteiger partial charge in [-0.3, -0.25) is 4.79 Å². The Hall–Kier alpha value is -3.81. The first-order valence-corrected chi connectivity index (χ1v) is 36.8. The highest BCUT2D eigenvalue weighted by atomic mass is 16.8. The minimum atomic E-state index is -1.98. The predicted molar refractivity (Wildman–Crippen MR) is 378 cm³/mol. The number of hydrogen-bond acceptors (Lipinski definition) is 18. The third kappa shape index (κ3) is 37.6. The Kier molecular flexibility index (Phi) is 51.2. The minimum Gasteiger partial charge on any atom is -0.394 e. The molecule has 0 aliphatic carbocycles.